The quantitative estimate of drug-likeness (QED) is 0.122. The molecule has 9 heteroatoms. The largest absolute Gasteiger partial charge is 0.508 e. The second kappa shape index (κ2) is 16.0. The molecule has 0 aliphatic rings. The van der Waals surface area contributed by atoms with E-state index < -0.39 is 35.9 Å². The maximum absolute atomic E-state index is 13.9. The molecule has 0 aromatic heterocycles. The number of benzene rings is 5. The molecule has 0 aliphatic heterocycles. The number of phenols is 1. The first kappa shape index (κ1) is 33.4. The van der Waals surface area contributed by atoms with E-state index in [1.54, 1.807) is 12.1 Å². The Morgan fingerprint density at radius 3 is 1.54 bits per heavy atom. The average Bonchev–Trinajstić information content (AvgIpc) is 3.09. The summed E-state index contributed by atoms with van der Waals surface area (Å²) in [5.74, 6) is -2.82. The number of hydrogen-bond acceptors (Lipinski definition) is 5. The highest BCUT2D eigenvalue weighted by Crippen LogP contribution is 2.17. The fourth-order valence-electron chi connectivity index (χ4n) is 5.51. The molecule has 0 heterocycles. The maximum atomic E-state index is 13.9. The van der Waals surface area contributed by atoms with E-state index in [9.17, 15) is 29.4 Å². The van der Waals surface area contributed by atoms with Crippen molar-refractivity contribution in [3.8, 4) is 5.75 Å². The summed E-state index contributed by atoms with van der Waals surface area (Å²) >= 11 is 0. The van der Waals surface area contributed by atoms with E-state index in [4.69, 9.17) is 0 Å². The molecular weight excluding hydrogens is 606 g/mol. The smallest absolute Gasteiger partial charge is 0.326 e. The predicted octanol–water partition coefficient (Wildman–Crippen LogP) is 4.36. The van der Waals surface area contributed by atoms with Crippen molar-refractivity contribution in [2.24, 2.45) is 0 Å². The summed E-state index contributed by atoms with van der Waals surface area (Å²) < 4.78 is 0. The molecule has 0 radical (unpaired) electrons. The van der Waals surface area contributed by atoms with Crippen LogP contribution in [0.15, 0.2) is 127 Å². The van der Waals surface area contributed by atoms with Crippen LogP contribution in [0, 0.1) is 0 Å². The minimum Gasteiger partial charge on any atom is -0.508 e. The number of fused-ring (bicyclic) bond motifs is 1. The lowest BCUT2D eigenvalue weighted by molar-refractivity contribution is -0.142. The Labute approximate surface area is 278 Å². The fourth-order valence-corrected chi connectivity index (χ4v) is 5.51. The third kappa shape index (κ3) is 9.53. The highest BCUT2D eigenvalue weighted by atomic mass is 16.4. The summed E-state index contributed by atoms with van der Waals surface area (Å²) in [5.41, 5.74) is 2.96. The van der Waals surface area contributed by atoms with Gasteiger partial charge in [-0.3, -0.25) is 14.4 Å². The molecule has 0 bridgehead atoms. The Bertz CT molecular complexity index is 1860. The lowest BCUT2D eigenvalue weighted by Gasteiger charge is -2.25. The van der Waals surface area contributed by atoms with Gasteiger partial charge in [0.25, 0.3) is 0 Å². The minimum absolute atomic E-state index is 0.0329. The van der Waals surface area contributed by atoms with Crippen molar-refractivity contribution in [3.63, 3.8) is 0 Å². The van der Waals surface area contributed by atoms with Gasteiger partial charge in [0.1, 0.15) is 23.9 Å². The number of amides is 3. The van der Waals surface area contributed by atoms with Gasteiger partial charge in [0.05, 0.1) is 6.42 Å². The van der Waals surface area contributed by atoms with Crippen LogP contribution in [0.5, 0.6) is 5.75 Å². The number of carboxylic acids is 1. The second-order valence-electron chi connectivity index (χ2n) is 11.7. The normalized spacial score (nSPS) is 12.8. The van der Waals surface area contributed by atoms with Gasteiger partial charge in [0.15, 0.2) is 0 Å². The molecule has 5 N–H and O–H groups in total. The van der Waals surface area contributed by atoms with Crippen LogP contribution in [-0.2, 0) is 44.9 Å². The summed E-state index contributed by atoms with van der Waals surface area (Å²) in [4.78, 5) is 53.1. The number of carboxylic acid groups (broad SMARTS) is 1. The van der Waals surface area contributed by atoms with E-state index in [0.29, 0.717) is 5.56 Å². The Morgan fingerprint density at radius 1 is 0.500 bits per heavy atom. The van der Waals surface area contributed by atoms with Gasteiger partial charge in [0.2, 0.25) is 17.7 Å². The number of carbonyl (C=O) groups excluding carboxylic acids is 3. The number of rotatable bonds is 14. The first-order valence-electron chi connectivity index (χ1n) is 15.7. The van der Waals surface area contributed by atoms with E-state index in [-0.39, 0.29) is 37.3 Å². The van der Waals surface area contributed by atoms with Crippen molar-refractivity contribution in [3.05, 3.63) is 150 Å². The lowest BCUT2D eigenvalue weighted by atomic mass is 10.0. The van der Waals surface area contributed by atoms with E-state index >= 15 is 0 Å². The van der Waals surface area contributed by atoms with Crippen molar-refractivity contribution in [2.75, 3.05) is 0 Å². The molecule has 9 nitrogen and oxygen atoms in total. The van der Waals surface area contributed by atoms with E-state index in [2.05, 4.69) is 16.0 Å². The van der Waals surface area contributed by atoms with Gasteiger partial charge in [0, 0.05) is 19.3 Å². The first-order chi connectivity index (χ1) is 23.2. The highest BCUT2D eigenvalue weighted by Gasteiger charge is 2.30. The molecule has 0 saturated carbocycles. The van der Waals surface area contributed by atoms with Crippen LogP contribution in [0.3, 0.4) is 0 Å². The molecule has 0 spiro atoms. The summed E-state index contributed by atoms with van der Waals surface area (Å²) in [7, 11) is 0. The molecule has 0 fully saturated rings. The van der Waals surface area contributed by atoms with Crippen LogP contribution in [0.2, 0.25) is 0 Å². The molecule has 5 aromatic carbocycles. The van der Waals surface area contributed by atoms with E-state index in [0.717, 1.165) is 27.5 Å². The number of aliphatic carboxylic acids is 1. The van der Waals surface area contributed by atoms with Crippen LogP contribution in [0.25, 0.3) is 10.8 Å². The monoisotopic (exact) mass is 643 g/mol. The van der Waals surface area contributed by atoms with Crippen molar-refractivity contribution < 1.29 is 29.4 Å². The molecule has 0 saturated heterocycles. The Morgan fingerprint density at radius 2 is 0.958 bits per heavy atom. The zero-order valence-electron chi connectivity index (χ0n) is 26.2. The summed E-state index contributed by atoms with van der Waals surface area (Å²) in [6, 6.07) is 34.5. The Hall–Kier alpha value is -5.96. The van der Waals surface area contributed by atoms with Gasteiger partial charge < -0.3 is 26.2 Å². The van der Waals surface area contributed by atoms with Crippen molar-refractivity contribution in [1.29, 1.82) is 0 Å². The summed E-state index contributed by atoms with van der Waals surface area (Å²) in [5, 5.41) is 29.8. The van der Waals surface area contributed by atoms with Crippen LogP contribution < -0.4 is 16.0 Å². The maximum Gasteiger partial charge on any atom is 0.326 e. The SMILES string of the molecule is O=C(Cc1ccc2ccccc2c1)N[C@H](Cc1ccccc1)C(=O)N[C@@H](Cc1ccccc1)C(=O)N[C@@H](Cc1ccc(O)cc1)C(=O)O. The first-order valence-corrected chi connectivity index (χ1v) is 15.7. The standard InChI is InChI=1S/C39H37N3O6/c43-32-19-16-28(17-20-32)24-35(39(47)48)42-38(46)34(23-27-11-5-2-6-12-27)41-37(45)33(22-26-9-3-1-4-10-26)40-36(44)25-29-15-18-30-13-7-8-14-31(30)21-29/h1-21,33-35,43H,22-25H2,(H,40,44)(H,41,45)(H,42,46)(H,47,48)/t33-,34+,35+/m1/s1. The third-order valence-corrected chi connectivity index (χ3v) is 8.02. The molecule has 3 atom stereocenters. The van der Waals surface area contributed by atoms with Gasteiger partial charge in [-0.2, -0.15) is 0 Å². The molecule has 0 aliphatic carbocycles. The Balaban J connectivity index is 1.34. The molecular formula is C39H37N3O6. The Kier molecular flexibility index (Phi) is 11.2. The number of carbonyl (C=O) groups is 4. The number of aromatic hydroxyl groups is 1. The third-order valence-electron chi connectivity index (χ3n) is 8.02. The molecule has 3 amide bonds. The van der Waals surface area contributed by atoms with Crippen LogP contribution >= 0.6 is 0 Å². The molecule has 5 rings (SSSR count). The van der Waals surface area contributed by atoms with Crippen LogP contribution in [0.4, 0.5) is 0 Å². The van der Waals surface area contributed by atoms with Gasteiger partial charge in [-0.25, -0.2) is 4.79 Å². The molecule has 0 unspecified atom stereocenters. The minimum atomic E-state index is -1.29. The molecule has 48 heavy (non-hydrogen) atoms. The second-order valence-corrected chi connectivity index (χ2v) is 11.7. The summed E-state index contributed by atoms with van der Waals surface area (Å²) in [6.45, 7) is 0. The topological polar surface area (TPSA) is 145 Å². The number of phenolic OH excluding ortho intramolecular Hbond substituents is 1. The van der Waals surface area contributed by atoms with E-state index in [1.165, 1.54) is 12.1 Å². The fraction of sp³-hybridized carbons (Fsp3) is 0.179. The van der Waals surface area contributed by atoms with Crippen LogP contribution in [-0.4, -0.2) is 52.0 Å². The van der Waals surface area contributed by atoms with Crippen molar-refractivity contribution in [2.45, 2.75) is 43.8 Å². The van der Waals surface area contributed by atoms with Gasteiger partial charge in [-0.1, -0.05) is 115 Å². The van der Waals surface area contributed by atoms with Crippen molar-refractivity contribution >= 4 is 34.5 Å². The van der Waals surface area contributed by atoms with Gasteiger partial charge in [-0.15, -0.1) is 0 Å². The average molecular weight is 644 g/mol. The van der Waals surface area contributed by atoms with Gasteiger partial charge >= 0.3 is 5.97 Å². The molecule has 5 aromatic rings. The summed E-state index contributed by atoms with van der Waals surface area (Å²) in [6.07, 6.45) is 0.283. The number of hydrogen-bond donors (Lipinski definition) is 5. The predicted molar refractivity (Wildman–Crippen MR) is 183 cm³/mol. The van der Waals surface area contributed by atoms with Gasteiger partial charge in [-0.05, 0) is 45.2 Å². The molecule has 244 valence electrons. The van der Waals surface area contributed by atoms with Crippen molar-refractivity contribution in [1.82, 2.24) is 16.0 Å². The van der Waals surface area contributed by atoms with E-state index in [1.807, 2.05) is 103 Å². The lowest BCUT2D eigenvalue weighted by Crippen LogP contribution is -2.57. The highest BCUT2D eigenvalue weighted by molar-refractivity contribution is 5.94. The van der Waals surface area contributed by atoms with Crippen LogP contribution in [0.1, 0.15) is 22.3 Å². The number of nitrogens with one attached hydrogen (secondary N) is 3. The zero-order valence-corrected chi connectivity index (χ0v) is 26.2. The zero-order chi connectivity index (χ0) is 33.9.